The molecule has 0 saturated carbocycles. The van der Waals surface area contributed by atoms with Gasteiger partial charge in [0.25, 0.3) is 0 Å². The van der Waals surface area contributed by atoms with Gasteiger partial charge in [0, 0.05) is 0 Å². The van der Waals surface area contributed by atoms with Gasteiger partial charge in [0.15, 0.2) is 5.78 Å². The molecule has 0 fully saturated rings. The van der Waals surface area contributed by atoms with Gasteiger partial charge in [0.1, 0.15) is 17.2 Å². The van der Waals surface area contributed by atoms with Crippen molar-refractivity contribution < 1.29 is 23.8 Å². The van der Waals surface area contributed by atoms with E-state index in [2.05, 4.69) is 0 Å². The normalized spacial score (nSPS) is 10.6. The molecule has 0 amide bonds. The molecular formula is C24H19ClO5. The molecule has 6 heteroatoms. The summed E-state index contributed by atoms with van der Waals surface area (Å²) in [5.41, 5.74) is 1.35. The zero-order valence-corrected chi connectivity index (χ0v) is 17.2. The molecule has 3 aromatic rings. The van der Waals surface area contributed by atoms with Crippen LogP contribution < -0.4 is 14.2 Å². The van der Waals surface area contributed by atoms with Crippen molar-refractivity contribution in [1.29, 1.82) is 0 Å². The predicted molar refractivity (Wildman–Crippen MR) is 116 cm³/mol. The Labute approximate surface area is 179 Å². The van der Waals surface area contributed by atoms with Crippen molar-refractivity contribution in [2.24, 2.45) is 0 Å². The Morgan fingerprint density at radius 1 is 0.833 bits per heavy atom. The van der Waals surface area contributed by atoms with Gasteiger partial charge in [-0.15, -0.1) is 0 Å². The lowest BCUT2D eigenvalue weighted by Gasteiger charge is -2.08. The second kappa shape index (κ2) is 9.76. The molecule has 5 nitrogen and oxygen atoms in total. The van der Waals surface area contributed by atoms with Gasteiger partial charge in [-0.3, -0.25) is 4.79 Å². The van der Waals surface area contributed by atoms with Crippen molar-refractivity contribution in [2.45, 2.75) is 0 Å². The number of methoxy groups -OCH3 is 2. The van der Waals surface area contributed by atoms with E-state index in [-0.39, 0.29) is 11.3 Å². The topological polar surface area (TPSA) is 61.8 Å². The van der Waals surface area contributed by atoms with Gasteiger partial charge in [0.05, 0.1) is 30.4 Å². The summed E-state index contributed by atoms with van der Waals surface area (Å²) in [6, 6.07) is 18.5. The van der Waals surface area contributed by atoms with E-state index in [0.717, 1.165) is 0 Å². The maximum atomic E-state index is 12.6. The summed E-state index contributed by atoms with van der Waals surface area (Å²) in [6.07, 6.45) is 3.06. The van der Waals surface area contributed by atoms with E-state index in [9.17, 15) is 9.59 Å². The van der Waals surface area contributed by atoms with Crippen molar-refractivity contribution >= 4 is 29.4 Å². The maximum Gasteiger partial charge on any atom is 0.345 e. The Balaban J connectivity index is 1.77. The minimum Gasteiger partial charge on any atom is -0.497 e. The first-order chi connectivity index (χ1) is 14.5. The molecule has 0 aromatic heterocycles. The lowest BCUT2D eigenvalue weighted by molar-refractivity contribution is 0.0734. The summed E-state index contributed by atoms with van der Waals surface area (Å²) in [5, 5.41) is 0.316. The van der Waals surface area contributed by atoms with Crippen LogP contribution in [-0.2, 0) is 0 Å². The van der Waals surface area contributed by atoms with Gasteiger partial charge < -0.3 is 14.2 Å². The summed E-state index contributed by atoms with van der Waals surface area (Å²) in [5.74, 6) is 0.547. The lowest BCUT2D eigenvalue weighted by Crippen LogP contribution is -2.09. The van der Waals surface area contributed by atoms with Crippen molar-refractivity contribution in [1.82, 2.24) is 0 Å². The summed E-state index contributed by atoms with van der Waals surface area (Å²) >= 11 is 6.04. The summed E-state index contributed by atoms with van der Waals surface area (Å²) in [4.78, 5) is 25.0. The number of benzene rings is 3. The fourth-order valence-electron chi connectivity index (χ4n) is 2.74. The largest absolute Gasteiger partial charge is 0.497 e. The van der Waals surface area contributed by atoms with Crippen LogP contribution in [0.4, 0.5) is 0 Å². The van der Waals surface area contributed by atoms with Gasteiger partial charge in [-0.1, -0.05) is 41.9 Å². The van der Waals surface area contributed by atoms with Gasteiger partial charge in [-0.2, -0.15) is 0 Å². The minimum atomic E-state index is -0.557. The SMILES string of the molecule is COc1ccc(OC)c(C(=O)C=Cc2cccc(OC(=O)c3ccccc3Cl)c2)c1. The molecule has 30 heavy (non-hydrogen) atoms. The van der Waals surface area contributed by atoms with E-state index in [4.69, 9.17) is 25.8 Å². The number of ketones is 1. The van der Waals surface area contributed by atoms with Crippen LogP contribution in [0.1, 0.15) is 26.3 Å². The van der Waals surface area contributed by atoms with E-state index in [1.807, 2.05) is 0 Å². The second-order valence-electron chi connectivity index (χ2n) is 6.21. The number of hydrogen-bond donors (Lipinski definition) is 0. The number of allylic oxidation sites excluding steroid dienone is 1. The highest BCUT2D eigenvalue weighted by atomic mass is 35.5. The fraction of sp³-hybridized carbons (Fsp3) is 0.0833. The van der Waals surface area contributed by atoms with E-state index in [1.165, 1.54) is 20.3 Å². The molecule has 3 rings (SSSR count). The Morgan fingerprint density at radius 2 is 1.63 bits per heavy atom. The minimum absolute atomic E-state index is 0.246. The van der Waals surface area contributed by atoms with E-state index in [0.29, 0.717) is 33.4 Å². The van der Waals surface area contributed by atoms with Crippen LogP contribution in [0, 0.1) is 0 Å². The van der Waals surface area contributed by atoms with Crippen LogP contribution in [0.2, 0.25) is 5.02 Å². The fourth-order valence-corrected chi connectivity index (χ4v) is 2.95. The summed E-state index contributed by atoms with van der Waals surface area (Å²) < 4.78 is 15.8. The number of carbonyl (C=O) groups excluding carboxylic acids is 2. The number of esters is 1. The summed E-state index contributed by atoms with van der Waals surface area (Å²) in [6.45, 7) is 0. The van der Waals surface area contributed by atoms with Crippen molar-refractivity contribution in [2.75, 3.05) is 14.2 Å². The van der Waals surface area contributed by atoms with Gasteiger partial charge in [-0.25, -0.2) is 4.79 Å². The highest BCUT2D eigenvalue weighted by Crippen LogP contribution is 2.25. The maximum absolute atomic E-state index is 12.6. The molecular weight excluding hydrogens is 404 g/mol. The lowest BCUT2D eigenvalue weighted by atomic mass is 10.1. The molecule has 0 atom stereocenters. The van der Waals surface area contributed by atoms with Crippen molar-refractivity contribution in [3.05, 3.63) is 94.5 Å². The van der Waals surface area contributed by atoms with Crippen molar-refractivity contribution in [3.63, 3.8) is 0 Å². The third-order valence-electron chi connectivity index (χ3n) is 4.26. The predicted octanol–water partition coefficient (Wildman–Crippen LogP) is 5.47. The average Bonchev–Trinajstić information content (AvgIpc) is 2.77. The highest BCUT2D eigenvalue weighted by Gasteiger charge is 2.13. The van der Waals surface area contributed by atoms with E-state index < -0.39 is 5.97 Å². The molecule has 0 bridgehead atoms. The molecule has 0 unspecified atom stereocenters. The molecule has 0 aliphatic heterocycles. The monoisotopic (exact) mass is 422 g/mol. The molecule has 152 valence electrons. The molecule has 0 spiro atoms. The summed E-state index contributed by atoms with van der Waals surface area (Å²) in [7, 11) is 3.03. The first-order valence-electron chi connectivity index (χ1n) is 9.03. The second-order valence-corrected chi connectivity index (χ2v) is 6.61. The third-order valence-corrected chi connectivity index (χ3v) is 4.59. The molecule has 0 aliphatic rings. The standard InChI is InChI=1S/C24H19ClO5/c1-28-17-11-13-23(29-2)20(15-17)22(26)12-10-16-6-5-7-18(14-16)30-24(27)19-8-3-4-9-21(19)25/h3-15H,1-2H3. The van der Waals surface area contributed by atoms with Gasteiger partial charge in [-0.05, 0) is 54.1 Å². The molecule has 0 heterocycles. The van der Waals surface area contributed by atoms with Gasteiger partial charge in [0.2, 0.25) is 0 Å². The smallest absolute Gasteiger partial charge is 0.345 e. The Bertz CT molecular complexity index is 1100. The zero-order valence-electron chi connectivity index (χ0n) is 16.4. The van der Waals surface area contributed by atoms with Crippen molar-refractivity contribution in [3.8, 4) is 17.2 Å². The number of ether oxygens (including phenoxy) is 3. The van der Waals surface area contributed by atoms with Gasteiger partial charge >= 0.3 is 5.97 Å². The average molecular weight is 423 g/mol. The molecule has 3 aromatic carbocycles. The van der Waals surface area contributed by atoms with Crippen LogP contribution in [0.25, 0.3) is 6.08 Å². The Morgan fingerprint density at radius 3 is 2.37 bits per heavy atom. The number of carbonyl (C=O) groups is 2. The molecule has 0 saturated heterocycles. The van der Waals surface area contributed by atoms with E-state index in [1.54, 1.807) is 72.8 Å². The highest BCUT2D eigenvalue weighted by molar-refractivity contribution is 6.33. The number of halogens is 1. The molecule has 0 aliphatic carbocycles. The van der Waals surface area contributed by atoms with Crippen LogP contribution in [0.15, 0.2) is 72.8 Å². The Kier molecular flexibility index (Phi) is 6.88. The van der Waals surface area contributed by atoms with E-state index >= 15 is 0 Å². The quantitative estimate of drug-likeness (QED) is 0.218. The number of hydrogen-bond acceptors (Lipinski definition) is 5. The molecule has 0 N–H and O–H groups in total. The van der Waals surface area contributed by atoms with Crippen LogP contribution >= 0.6 is 11.6 Å². The first-order valence-corrected chi connectivity index (χ1v) is 9.41. The third kappa shape index (κ3) is 5.07. The Hall–Kier alpha value is -3.57. The molecule has 0 radical (unpaired) electrons. The van der Waals surface area contributed by atoms with Crippen LogP contribution in [0.5, 0.6) is 17.2 Å². The zero-order chi connectivity index (χ0) is 21.5. The van der Waals surface area contributed by atoms with Crippen LogP contribution in [-0.4, -0.2) is 26.0 Å². The first kappa shape index (κ1) is 21.1. The number of rotatable bonds is 7. The van der Waals surface area contributed by atoms with Crippen LogP contribution in [0.3, 0.4) is 0 Å².